The number of carboxylic acid groups (broad SMARTS) is 1. The zero-order valence-corrected chi connectivity index (χ0v) is 23.6. The summed E-state index contributed by atoms with van der Waals surface area (Å²) in [6.45, 7) is 6.54. The second-order valence-electron chi connectivity index (χ2n) is 10.8. The van der Waals surface area contributed by atoms with E-state index in [0.29, 0.717) is 58.7 Å². The summed E-state index contributed by atoms with van der Waals surface area (Å²) >= 11 is 0. The second kappa shape index (κ2) is 13.6. The Morgan fingerprint density at radius 1 is 1.07 bits per heavy atom. The first kappa shape index (κ1) is 29.3. The lowest BCUT2D eigenvalue weighted by atomic mass is 9.97. The van der Waals surface area contributed by atoms with Crippen LogP contribution in [0.25, 0.3) is 22.3 Å². The van der Waals surface area contributed by atoms with Crippen LogP contribution in [-0.2, 0) is 11.3 Å². The van der Waals surface area contributed by atoms with Gasteiger partial charge in [0.25, 0.3) is 5.56 Å². The number of nitrogens with one attached hydrogen (secondary N) is 1. The summed E-state index contributed by atoms with van der Waals surface area (Å²) in [4.78, 5) is 32.0. The molecule has 0 aliphatic carbocycles. The SMILES string of the molecule is C[C@@H]1CCC[C@H](C)N1CCCCCn1c(=O)c(-c2cccc(C(=N)N)c2)nc2ccc(OCCCC(=O)O)cc21. The van der Waals surface area contributed by atoms with Gasteiger partial charge in [0.1, 0.15) is 17.3 Å². The van der Waals surface area contributed by atoms with E-state index in [1.807, 2.05) is 18.2 Å². The van der Waals surface area contributed by atoms with E-state index in [0.717, 1.165) is 25.8 Å². The molecule has 0 radical (unpaired) electrons. The van der Waals surface area contributed by atoms with Crippen LogP contribution in [0.4, 0.5) is 0 Å². The van der Waals surface area contributed by atoms with E-state index in [1.165, 1.54) is 19.3 Å². The maximum atomic E-state index is 13.8. The number of ether oxygens (including phenoxy) is 1. The molecule has 40 heavy (non-hydrogen) atoms. The lowest BCUT2D eigenvalue weighted by Gasteiger charge is -2.39. The molecule has 0 bridgehead atoms. The van der Waals surface area contributed by atoms with Gasteiger partial charge in [0.15, 0.2) is 0 Å². The number of carboxylic acids is 1. The number of benzene rings is 2. The highest BCUT2D eigenvalue weighted by molar-refractivity contribution is 5.96. The van der Waals surface area contributed by atoms with E-state index in [1.54, 1.807) is 28.8 Å². The molecule has 0 unspecified atom stereocenters. The number of unbranched alkanes of at least 4 members (excludes halogenated alkanes) is 2. The Hall–Kier alpha value is -3.72. The van der Waals surface area contributed by atoms with Gasteiger partial charge < -0.3 is 20.1 Å². The van der Waals surface area contributed by atoms with Crippen LogP contribution in [0.5, 0.6) is 5.75 Å². The number of nitrogen functional groups attached to an aromatic ring is 1. The average Bonchev–Trinajstić information content (AvgIpc) is 2.93. The molecule has 9 heteroatoms. The molecule has 1 saturated heterocycles. The number of fused-ring (bicyclic) bond motifs is 1. The number of carbonyl (C=O) groups is 1. The van der Waals surface area contributed by atoms with Crippen molar-refractivity contribution in [2.45, 2.75) is 83.8 Å². The molecular weight excluding hydrogens is 506 g/mol. The molecule has 1 aliphatic rings. The maximum absolute atomic E-state index is 13.8. The lowest BCUT2D eigenvalue weighted by molar-refractivity contribution is -0.137. The Bertz CT molecular complexity index is 1390. The molecule has 4 rings (SSSR count). The van der Waals surface area contributed by atoms with E-state index in [4.69, 9.17) is 26.0 Å². The van der Waals surface area contributed by atoms with E-state index in [-0.39, 0.29) is 24.4 Å². The number of likely N-dealkylation sites (tertiary alicyclic amines) is 1. The Kier molecular flexibility index (Phi) is 9.93. The summed E-state index contributed by atoms with van der Waals surface area (Å²) < 4.78 is 7.57. The van der Waals surface area contributed by atoms with Gasteiger partial charge in [-0.25, -0.2) is 4.98 Å². The van der Waals surface area contributed by atoms with Crippen molar-refractivity contribution in [1.29, 1.82) is 5.41 Å². The van der Waals surface area contributed by atoms with Crippen LogP contribution in [-0.4, -0.2) is 56.6 Å². The molecule has 1 aliphatic heterocycles. The van der Waals surface area contributed by atoms with Crippen molar-refractivity contribution in [2.75, 3.05) is 13.2 Å². The third-order valence-corrected chi connectivity index (χ3v) is 7.84. The first-order valence-corrected chi connectivity index (χ1v) is 14.3. The molecule has 3 aromatic rings. The summed E-state index contributed by atoms with van der Waals surface area (Å²) in [6.07, 6.45) is 7.21. The number of rotatable bonds is 13. The van der Waals surface area contributed by atoms with Gasteiger partial charge in [-0.2, -0.15) is 0 Å². The van der Waals surface area contributed by atoms with Crippen molar-refractivity contribution in [3.05, 3.63) is 58.4 Å². The fraction of sp³-hybridized carbons (Fsp3) is 0.484. The highest BCUT2D eigenvalue weighted by Gasteiger charge is 2.23. The molecule has 214 valence electrons. The van der Waals surface area contributed by atoms with Crippen LogP contribution in [0.1, 0.15) is 70.8 Å². The average molecular weight is 548 g/mol. The summed E-state index contributed by atoms with van der Waals surface area (Å²) in [7, 11) is 0. The van der Waals surface area contributed by atoms with Crippen LogP contribution >= 0.6 is 0 Å². The minimum absolute atomic E-state index is 0.0392. The number of piperidine rings is 1. The molecule has 2 atom stereocenters. The van der Waals surface area contributed by atoms with Gasteiger partial charge in [-0.1, -0.05) is 31.0 Å². The molecule has 0 spiro atoms. The quantitative estimate of drug-likeness (QED) is 0.155. The van der Waals surface area contributed by atoms with Crippen molar-refractivity contribution >= 4 is 22.8 Å². The summed E-state index contributed by atoms with van der Waals surface area (Å²) in [5.41, 5.74) is 8.33. The Balaban J connectivity index is 1.57. The molecule has 0 amide bonds. The van der Waals surface area contributed by atoms with Crippen LogP contribution in [0, 0.1) is 5.41 Å². The summed E-state index contributed by atoms with van der Waals surface area (Å²) in [6, 6.07) is 13.7. The highest BCUT2D eigenvalue weighted by Crippen LogP contribution is 2.25. The van der Waals surface area contributed by atoms with Crippen molar-refractivity contribution in [1.82, 2.24) is 14.5 Å². The minimum atomic E-state index is -0.856. The number of aryl methyl sites for hydroxylation is 1. The van der Waals surface area contributed by atoms with Gasteiger partial charge in [0.2, 0.25) is 0 Å². The number of hydrogen-bond acceptors (Lipinski definition) is 6. The molecule has 1 aromatic heterocycles. The van der Waals surface area contributed by atoms with Gasteiger partial charge in [0, 0.05) is 42.2 Å². The molecule has 2 aromatic carbocycles. The van der Waals surface area contributed by atoms with Crippen molar-refractivity contribution < 1.29 is 14.6 Å². The molecule has 1 fully saturated rings. The Morgan fingerprint density at radius 3 is 2.55 bits per heavy atom. The molecule has 4 N–H and O–H groups in total. The van der Waals surface area contributed by atoms with Crippen LogP contribution in [0.15, 0.2) is 47.3 Å². The monoisotopic (exact) mass is 547 g/mol. The number of nitrogens with zero attached hydrogens (tertiary/aromatic N) is 3. The van der Waals surface area contributed by atoms with Gasteiger partial charge in [0.05, 0.1) is 17.6 Å². The van der Waals surface area contributed by atoms with Crippen molar-refractivity contribution in [3.63, 3.8) is 0 Å². The zero-order valence-electron chi connectivity index (χ0n) is 23.6. The van der Waals surface area contributed by atoms with Gasteiger partial charge >= 0.3 is 5.97 Å². The smallest absolute Gasteiger partial charge is 0.303 e. The third-order valence-electron chi connectivity index (χ3n) is 7.84. The summed E-state index contributed by atoms with van der Waals surface area (Å²) in [5.74, 6) is -0.344. The Morgan fingerprint density at radius 2 is 1.82 bits per heavy atom. The zero-order chi connectivity index (χ0) is 28.6. The fourth-order valence-electron chi connectivity index (χ4n) is 5.62. The molecule has 0 saturated carbocycles. The lowest BCUT2D eigenvalue weighted by Crippen LogP contribution is -2.44. The normalized spacial score (nSPS) is 17.6. The number of aliphatic carboxylic acids is 1. The molecular formula is C31H41N5O4. The summed E-state index contributed by atoms with van der Waals surface area (Å²) in [5, 5.41) is 16.7. The number of aromatic nitrogens is 2. The molecule has 2 heterocycles. The van der Waals surface area contributed by atoms with Crippen molar-refractivity contribution in [3.8, 4) is 17.0 Å². The van der Waals surface area contributed by atoms with Gasteiger partial charge in [-0.05, 0) is 70.7 Å². The standard InChI is InChI=1S/C31H41N5O4/c1-21-9-6-10-22(2)35(21)16-4-3-5-17-36-27-20-25(40-18-8-13-28(37)38)14-15-26(27)34-29(31(36)39)23-11-7-12-24(19-23)30(32)33/h7,11-12,14-15,19-22H,3-6,8-10,13,16-18H2,1-2H3,(H3,32,33)(H,37,38)/t21-,22+. The number of amidine groups is 1. The molecule has 9 nitrogen and oxygen atoms in total. The maximum Gasteiger partial charge on any atom is 0.303 e. The highest BCUT2D eigenvalue weighted by atomic mass is 16.5. The predicted octanol–water partition coefficient (Wildman–Crippen LogP) is 5.02. The first-order valence-electron chi connectivity index (χ1n) is 14.3. The number of nitrogens with two attached hydrogens (primary N) is 1. The van der Waals surface area contributed by atoms with Crippen LogP contribution in [0.2, 0.25) is 0 Å². The van der Waals surface area contributed by atoms with Crippen molar-refractivity contribution in [2.24, 2.45) is 5.73 Å². The first-order chi connectivity index (χ1) is 19.2. The largest absolute Gasteiger partial charge is 0.494 e. The van der Waals surface area contributed by atoms with E-state index >= 15 is 0 Å². The fourth-order valence-corrected chi connectivity index (χ4v) is 5.62. The topological polar surface area (TPSA) is 135 Å². The van der Waals surface area contributed by atoms with E-state index in [9.17, 15) is 9.59 Å². The van der Waals surface area contributed by atoms with E-state index in [2.05, 4.69) is 18.7 Å². The van der Waals surface area contributed by atoms with E-state index < -0.39 is 5.97 Å². The van der Waals surface area contributed by atoms with Crippen LogP contribution < -0.4 is 16.0 Å². The van der Waals surface area contributed by atoms with Gasteiger partial charge in [-0.15, -0.1) is 0 Å². The number of hydrogen-bond donors (Lipinski definition) is 3. The van der Waals surface area contributed by atoms with Crippen LogP contribution in [0.3, 0.4) is 0 Å². The second-order valence-corrected chi connectivity index (χ2v) is 10.8. The Labute approximate surface area is 235 Å². The predicted molar refractivity (Wildman–Crippen MR) is 158 cm³/mol. The minimum Gasteiger partial charge on any atom is -0.494 e. The van der Waals surface area contributed by atoms with Gasteiger partial charge in [-0.3, -0.25) is 19.9 Å². The third kappa shape index (κ3) is 7.27.